The van der Waals surface area contributed by atoms with Gasteiger partial charge in [-0.2, -0.15) is 0 Å². The molecule has 3 aromatic carbocycles. The minimum Gasteiger partial charge on any atom is -0.508 e. The monoisotopic (exact) mass is 705 g/mol. The number of halogens is 2. The average molecular weight is 707 g/mol. The molecule has 3 saturated heterocycles. The lowest BCUT2D eigenvalue weighted by Crippen LogP contribution is -2.53. The maximum Gasteiger partial charge on any atom is 0.414 e. The first-order valence-corrected chi connectivity index (χ1v) is 16.8. The first-order valence-electron chi connectivity index (χ1n) is 16.0. The zero-order chi connectivity index (χ0) is 34.5. The summed E-state index contributed by atoms with van der Waals surface area (Å²) in [5, 5.41) is 10.9. The van der Waals surface area contributed by atoms with Gasteiger partial charge in [0.25, 0.3) is 0 Å². The van der Waals surface area contributed by atoms with Gasteiger partial charge in [-0.25, -0.2) is 9.59 Å². The molecule has 256 valence electrons. The molecule has 4 heterocycles. The number of benzene rings is 3. The van der Waals surface area contributed by atoms with Gasteiger partial charge in [0.05, 0.1) is 42.1 Å². The topological polar surface area (TPSA) is 111 Å². The number of fused-ring (bicyclic) bond motifs is 3. The van der Waals surface area contributed by atoms with Gasteiger partial charge in [-0.15, -0.1) is 0 Å². The van der Waals surface area contributed by atoms with Crippen LogP contribution in [0.5, 0.6) is 17.2 Å². The fraction of sp³-hybridized carbons (Fsp3) is 0.324. The summed E-state index contributed by atoms with van der Waals surface area (Å²) in [6.45, 7) is 2.84. The molecule has 3 fully saturated rings. The van der Waals surface area contributed by atoms with Crippen molar-refractivity contribution in [3.05, 3.63) is 111 Å². The summed E-state index contributed by atoms with van der Waals surface area (Å²) in [6, 6.07) is 18.6. The lowest BCUT2D eigenvalue weighted by molar-refractivity contribution is -0.0311. The van der Waals surface area contributed by atoms with Crippen molar-refractivity contribution in [3.63, 3.8) is 0 Å². The number of amides is 1. The summed E-state index contributed by atoms with van der Waals surface area (Å²) < 4.78 is 23.1. The molecule has 0 aliphatic carbocycles. The SMILES string of the molecule is COc1ccc([C@H](Cc2c(Cl)cncc2Cl)OC(=O)c2cccc(CN(C(=O)O[C@H]3CN4CCC3CC4)c3cccc(O)c3)c2)cc1OC. The van der Waals surface area contributed by atoms with Gasteiger partial charge in [-0.1, -0.05) is 47.5 Å². The maximum absolute atomic E-state index is 13.8. The molecule has 7 rings (SSSR count). The van der Waals surface area contributed by atoms with Crippen LogP contribution in [0.3, 0.4) is 0 Å². The van der Waals surface area contributed by atoms with E-state index in [-0.39, 0.29) is 30.4 Å². The zero-order valence-corrected chi connectivity index (χ0v) is 28.7. The van der Waals surface area contributed by atoms with Gasteiger partial charge in [-0.05, 0) is 84.9 Å². The van der Waals surface area contributed by atoms with E-state index >= 15 is 0 Å². The van der Waals surface area contributed by atoms with E-state index < -0.39 is 18.2 Å². The Kier molecular flexibility index (Phi) is 10.8. The molecule has 3 aliphatic heterocycles. The van der Waals surface area contributed by atoms with Crippen molar-refractivity contribution in [2.24, 2.45) is 5.92 Å². The molecule has 0 spiro atoms. The predicted octanol–water partition coefficient (Wildman–Crippen LogP) is 7.49. The molecule has 2 bridgehead atoms. The number of ether oxygens (including phenoxy) is 4. The Morgan fingerprint density at radius 3 is 2.37 bits per heavy atom. The number of rotatable bonds is 11. The van der Waals surface area contributed by atoms with E-state index in [0.717, 1.165) is 25.9 Å². The van der Waals surface area contributed by atoms with Gasteiger partial charge in [0.2, 0.25) is 0 Å². The number of methoxy groups -OCH3 is 2. The van der Waals surface area contributed by atoms with Crippen molar-refractivity contribution in [1.82, 2.24) is 9.88 Å². The zero-order valence-electron chi connectivity index (χ0n) is 27.2. The van der Waals surface area contributed by atoms with Crippen molar-refractivity contribution in [2.75, 3.05) is 38.8 Å². The van der Waals surface area contributed by atoms with Crippen LogP contribution in [0.2, 0.25) is 10.0 Å². The molecule has 10 nitrogen and oxygen atoms in total. The molecule has 0 saturated carbocycles. The van der Waals surface area contributed by atoms with Crippen LogP contribution in [0, 0.1) is 5.92 Å². The highest BCUT2D eigenvalue weighted by Gasteiger charge is 2.37. The number of aromatic hydroxyl groups is 1. The van der Waals surface area contributed by atoms with E-state index in [2.05, 4.69) is 9.88 Å². The Bertz CT molecular complexity index is 1790. The molecule has 12 heteroatoms. The second-order valence-electron chi connectivity index (χ2n) is 12.2. The quantitative estimate of drug-likeness (QED) is 0.159. The number of hydrogen-bond donors (Lipinski definition) is 1. The molecule has 49 heavy (non-hydrogen) atoms. The summed E-state index contributed by atoms with van der Waals surface area (Å²) in [6.07, 6.45) is 3.60. The van der Waals surface area contributed by atoms with Crippen LogP contribution >= 0.6 is 23.2 Å². The minimum atomic E-state index is -0.811. The summed E-state index contributed by atoms with van der Waals surface area (Å²) in [5.74, 6) is 0.737. The molecule has 3 aliphatic rings. The molecule has 0 radical (unpaired) electrons. The highest BCUT2D eigenvalue weighted by Crippen LogP contribution is 2.36. The normalized spacial score (nSPS) is 18.7. The van der Waals surface area contributed by atoms with Crippen LogP contribution in [0.1, 0.15) is 46.0 Å². The number of pyridine rings is 1. The van der Waals surface area contributed by atoms with Crippen molar-refractivity contribution >= 4 is 41.0 Å². The fourth-order valence-electron chi connectivity index (χ4n) is 6.44. The van der Waals surface area contributed by atoms with E-state index in [1.807, 2.05) is 6.07 Å². The number of hydrogen-bond acceptors (Lipinski definition) is 9. The highest BCUT2D eigenvalue weighted by atomic mass is 35.5. The summed E-state index contributed by atoms with van der Waals surface area (Å²) in [4.78, 5) is 35.3. The van der Waals surface area contributed by atoms with E-state index in [0.29, 0.717) is 56.4 Å². The van der Waals surface area contributed by atoms with Crippen LogP contribution in [0.25, 0.3) is 0 Å². The number of carbonyl (C=O) groups is 2. The molecule has 4 aromatic rings. The van der Waals surface area contributed by atoms with Gasteiger partial charge in [-0.3, -0.25) is 14.8 Å². The van der Waals surface area contributed by atoms with E-state index in [4.69, 9.17) is 42.1 Å². The first-order chi connectivity index (χ1) is 23.7. The molecule has 1 amide bonds. The molecule has 1 N–H and O–H groups in total. The van der Waals surface area contributed by atoms with Crippen molar-refractivity contribution in [1.29, 1.82) is 0 Å². The number of carbonyl (C=O) groups excluding carboxylic acids is 2. The minimum absolute atomic E-state index is 0.0195. The Morgan fingerprint density at radius 1 is 0.959 bits per heavy atom. The number of piperidine rings is 3. The second-order valence-corrected chi connectivity index (χ2v) is 13.0. The third-order valence-corrected chi connectivity index (χ3v) is 9.74. The number of anilines is 1. The van der Waals surface area contributed by atoms with Gasteiger partial charge >= 0.3 is 12.1 Å². The van der Waals surface area contributed by atoms with Crippen LogP contribution < -0.4 is 14.4 Å². The molecule has 1 aromatic heterocycles. The van der Waals surface area contributed by atoms with E-state index in [1.54, 1.807) is 48.5 Å². The third kappa shape index (κ3) is 8.04. The number of aromatic nitrogens is 1. The lowest BCUT2D eigenvalue weighted by Gasteiger charge is -2.44. The molecule has 2 atom stereocenters. The van der Waals surface area contributed by atoms with Gasteiger partial charge < -0.3 is 24.1 Å². The Balaban J connectivity index is 1.25. The number of phenolic OH excluding ortho intramolecular Hbond substituents is 1. The number of nitrogens with zero attached hydrogens (tertiary/aromatic N) is 3. The summed E-state index contributed by atoms with van der Waals surface area (Å²) >= 11 is 12.9. The summed E-state index contributed by atoms with van der Waals surface area (Å²) in [7, 11) is 3.06. The molecule has 0 unspecified atom stereocenters. The molecular formula is C37H37Cl2N3O7. The van der Waals surface area contributed by atoms with Crippen LogP contribution in [-0.2, 0) is 22.4 Å². The predicted molar refractivity (Wildman–Crippen MR) is 186 cm³/mol. The fourth-order valence-corrected chi connectivity index (χ4v) is 6.95. The van der Waals surface area contributed by atoms with Gasteiger partial charge in [0.15, 0.2) is 11.5 Å². The van der Waals surface area contributed by atoms with Crippen LogP contribution in [0.4, 0.5) is 10.5 Å². The number of esters is 1. The highest BCUT2D eigenvalue weighted by molar-refractivity contribution is 6.35. The largest absolute Gasteiger partial charge is 0.508 e. The molecular weight excluding hydrogens is 669 g/mol. The third-order valence-electron chi connectivity index (χ3n) is 9.08. The van der Waals surface area contributed by atoms with Gasteiger partial charge in [0, 0.05) is 31.4 Å². The standard InChI is InChI=1S/C37H37Cl2N3O7/c1-46-32-10-9-25(16-34(32)47-2)33(18-29-30(38)19-40-20-31(29)39)48-36(44)26-6-3-5-23(15-26)21-42(27-7-4-8-28(43)17-27)37(45)49-35-22-41-13-11-24(35)12-14-41/h3-10,15-17,19-20,24,33,35,43H,11-14,18,21-22H2,1-2H3/t33-,35-/m0/s1. The van der Waals surface area contributed by atoms with Crippen molar-refractivity contribution in [2.45, 2.75) is 38.0 Å². The Labute approximate surface area is 295 Å². The van der Waals surface area contributed by atoms with Crippen molar-refractivity contribution in [3.8, 4) is 17.2 Å². The Morgan fingerprint density at radius 2 is 1.69 bits per heavy atom. The van der Waals surface area contributed by atoms with Crippen LogP contribution in [-0.4, -0.2) is 67.0 Å². The van der Waals surface area contributed by atoms with Gasteiger partial charge in [0.1, 0.15) is 18.0 Å². The summed E-state index contributed by atoms with van der Waals surface area (Å²) in [5.41, 5.74) is 2.61. The first kappa shape index (κ1) is 34.4. The maximum atomic E-state index is 13.8. The smallest absolute Gasteiger partial charge is 0.414 e. The number of phenols is 1. The Hall–Kier alpha value is -4.51. The van der Waals surface area contributed by atoms with E-state index in [1.165, 1.54) is 43.6 Å². The van der Waals surface area contributed by atoms with Crippen LogP contribution in [0.15, 0.2) is 79.1 Å². The second kappa shape index (κ2) is 15.4. The van der Waals surface area contributed by atoms with E-state index in [9.17, 15) is 14.7 Å². The van der Waals surface area contributed by atoms with Crippen molar-refractivity contribution < 1.29 is 33.6 Å². The lowest BCUT2D eigenvalue weighted by atomic mass is 9.86. The average Bonchev–Trinajstić information content (AvgIpc) is 3.12.